The van der Waals surface area contributed by atoms with Gasteiger partial charge in [-0.3, -0.25) is 9.48 Å². The highest BCUT2D eigenvalue weighted by Gasteiger charge is 2.15. The van der Waals surface area contributed by atoms with E-state index >= 15 is 0 Å². The molecule has 0 spiro atoms. The van der Waals surface area contributed by atoms with Gasteiger partial charge in [-0.05, 0) is 31.5 Å². The molecule has 0 radical (unpaired) electrons. The number of amides is 1. The van der Waals surface area contributed by atoms with Crippen LogP contribution in [-0.4, -0.2) is 30.4 Å². The lowest BCUT2D eigenvalue weighted by Crippen LogP contribution is -2.26. The van der Waals surface area contributed by atoms with E-state index < -0.39 is 9.84 Å². The first-order valence-corrected chi connectivity index (χ1v) is 9.29. The molecule has 1 N–H and O–H groups in total. The van der Waals surface area contributed by atoms with Crippen molar-refractivity contribution >= 4 is 15.7 Å². The largest absolute Gasteiger partial charge is 0.345 e. The van der Waals surface area contributed by atoms with E-state index in [4.69, 9.17) is 0 Å². The third-order valence-corrected chi connectivity index (χ3v) is 4.59. The molecule has 2 aromatic rings. The molecule has 0 aliphatic rings. The molecule has 0 saturated heterocycles. The number of aromatic nitrogens is 2. The molecule has 23 heavy (non-hydrogen) atoms. The Bertz CT molecular complexity index is 808. The maximum Gasteiger partial charge on any atom is 0.251 e. The molecule has 1 amide bonds. The average molecular weight is 335 g/mol. The van der Waals surface area contributed by atoms with E-state index in [1.165, 1.54) is 6.26 Å². The Morgan fingerprint density at radius 2 is 1.91 bits per heavy atom. The highest BCUT2D eigenvalue weighted by molar-refractivity contribution is 7.89. The number of benzene rings is 1. The Morgan fingerprint density at radius 3 is 2.39 bits per heavy atom. The lowest BCUT2D eigenvalue weighted by molar-refractivity contribution is 0.0940. The summed E-state index contributed by atoms with van der Waals surface area (Å²) in [5.41, 5.74) is 3.13. The molecule has 0 fully saturated rings. The van der Waals surface area contributed by atoms with Crippen molar-refractivity contribution in [2.45, 2.75) is 25.6 Å². The van der Waals surface area contributed by atoms with Crippen LogP contribution in [-0.2, 0) is 22.6 Å². The smallest absolute Gasteiger partial charge is 0.251 e. The predicted molar refractivity (Wildman–Crippen MR) is 88.8 cm³/mol. The zero-order valence-corrected chi connectivity index (χ0v) is 14.5. The van der Waals surface area contributed by atoms with Crippen molar-refractivity contribution in [3.8, 4) is 0 Å². The summed E-state index contributed by atoms with van der Waals surface area (Å²) in [7, 11) is -1.22. The van der Waals surface area contributed by atoms with Gasteiger partial charge in [0.15, 0.2) is 9.84 Å². The molecular weight excluding hydrogens is 314 g/mol. The molecule has 1 aromatic heterocycles. The van der Waals surface area contributed by atoms with Crippen LogP contribution in [0.15, 0.2) is 30.5 Å². The Kier molecular flexibility index (Phi) is 4.89. The highest BCUT2D eigenvalue weighted by Crippen LogP contribution is 2.17. The number of aryl methyl sites for hydroxylation is 1. The topological polar surface area (TPSA) is 81.1 Å². The molecule has 7 heteroatoms. The minimum absolute atomic E-state index is 0.0276. The first-order chi connectivity index (χ1) is 10.7. The first kappa shape index (κ1) is 17.2. The Hall–Kier alpha value is -2.15. The van der Waals surface area contributed by atoms with Crippen LogP contribution >= 0.6 is 0 Å². The van der Waals surface area contributed by atoms with Crippen molar-refractivity contribution in [1.29, 1.82) is 0 Å². The van der Waals surface area contributed by atoms with Gasteiger partial charge in [-0.2, -0.15) is 5.10 Å². The maximum absolute atomic E-state index is 12.3. The number of hydrogen-bond donors (Lipinski definition) is 1. The maximum atomic E-state index is 12.3. The fourth-order valence-corrected chi connectivity index (χ4v) is 3.15. The summed E-state index contributed by atoms with van der Waals surface area (Å²) in [5.74, 6) is -0.230. The van der Waals surface area contributed by atoms with Crippen molar-refractivity contribution in [2.24, 2.45) is 7.05 Å². The molecule has 124 valence electrons. The summed E-state index contributed by atoms with van der Waals surface area (Å²) in [6, 6.07) is 6.44. The minimum atomic E-state index is -3.08. The van der Waals surface area contributed by atoms with Gasteiger partial charge in [-0.15, -0.1) is 0 Å². The summed E-state index contributed by atoms with van der Waals surface area (Å²) in [5, 5.41) is 7.10. The fourth-order valence-electron chi connectivity index (χ4n) is 2.35. The van der Waals surface area contributed by atoms with Gasteiger partial charge < -0.3 is 5.32 Å². The number of rotatable bonds is 5. The zero-order valence-electron chi connectivity index (χ0n) is 13.7. The molecule has 6 nitrogen and oxygen atoms in total. The normalized spacial score (nSPS) is 12.9. The van der Waals surface area contributed by atoms with E-state index in [0.29, 0.717) is 11.1 Å². The Morgan fingerprint density at radius 1 is 1.30 bits per heavy atom. The first-order valence-electron chi connectivity index (χ1n) is 7.23. The summed E-state index contributed by atoms with van der Waals surface area (Å²) >= 11 is 0. The van der Waals surface area contributed by atoms with Gasteiger partial charge in [0.05, 0.1) is 18.0 Å². The highest BCUT2D eigenvalue weighted by atomic mass is 32.2. The minimum Gasteiger partial charge on any atom is -0.345 e. The van der Waals surface area contributed by atoms with Gasteiger partial charge in [-0.1, -0.05) is 12.1 Å². The summed E-state index contributed by atoms with van der Waals surface area (Å²) in [6.07, 6.45) is 2.93. The van der Waals surface area contributed by atoms with Crippen LogP contribution in [0.5, 0.6) is 0 Å². The molecule has 0 unspecified atom stereocenters. The van der Waals surface area contributed by atoms with E-state index in [1.54, 1.807) is 35.1 Å². The number of hydrogen-bond acceptors (Lipinski definition) is 4. The molecule has 1 atom stereocenters. The zero-order chi connectivity index (χ0) is 17.2. The van der Waals surface area contributed by atoms with Crippen molar-refractivity contribution in [3.63, 3.8) is 0 Å². The monoisotopic (exact) mass is 335 g/mol. The summed E-state index contributed by atoms with van der Waals surface area (Å²) < 4.78 is 24.3. The van der Waals surface area contributed by atoms with Crippen LogP contribution in [0.2, 0.25) is 0 Å². The van der Waals surface area contributed by atoms with Crippen LogP contribution in [0, 0.1) is 6.92 Å². The van der Waals surface area contributed by atoms with Gasteiger partial charge in [0.2, 0.25) is 0 Å². The summed E-state index contributed by atoms with van der Waals surface area (Å²) in [4.78, 5) is 12.3. The molecule has 0 bridgehead atoms. The van der Waals surface area contributed by atoms with E-state index in [9.17, 15) is 13.2 Å². The van der Waals surface area contributed by atoms with E-state index in [2.05, 4.69) is 10.4 Å². The molecule has 1 aromatic carbocycles. The lowest BCUT2D eigenvalue weighted by Gasteiger charge is -2.14. The second kappa shape index (κ2) is 6.54. The van der Waals surface area contributed by atoms with Gasteiger partial charge in [-0.25, -0.2) is 8.42 Å². The molecule has 0 aliphatic carbocycles. The Balaban J connectivity index is 2.07. The van der Waals surface area contributed by atoms with Crippen LogP contribution in [0.1, 0.15) is 40.1 Å². The van der Waals surface area contributed by atoms with Crippen molar-refractivity contribution in [3.05, 3.63) is 52.8 Å². The van der Waals surface area contributed by atoms with Gasteiger partial charge in [0.1, 0.15) is 0 Å². The number of carbonyl (C=O) groups is 1. The van der Waals surface area contributed by atoms with Crippen molar-refractivity contribution in [1.82, 2.24) is 15.1 Å². The second-order valence-electron chi connectivity index (χ2n) is 5.77. The average Bonchev–Trinajstić information content (AvgIpc) is 2.78. The SMILES string of the molecule is Cc1c([C@H](C)NC(=O)c2ccc(CS(C)(=O)=O)cc2)cnn1C. The third kappa shape index (κ3) is 4.41. The van der Waals surface area contributed by atoms with Crippen LogP contribution in [0.4, 0.5) is 0 Å². The second-order valence-corrected chi connectivity index (χ2v) is 7.91. The fraction of sp³-hybridized carbons (Fsp3) is 0.375. The number of sulfone groups is 1. The van der Waals surface area contributed by atoms with E-state index in [-0.39, 0.29) is 17.7 Å². The van der Waals surface area contributed by atoms with Gasteiger partial charge in [0, 0.05) is 30.1 Å². The van der Waals surface area contributed by atoms with Crippen LogP contribution in [0.3, 0.4) is 0 Å². The molecule has 1 heterocycles. The summed E-state index contributed by atoms with van der Waals surface area (Å²) in [6.45, 7) is 3.85. The predicted octanol–water partition coefficient (Wildman–Crippen LogP) is 1.76. The van der Waals surface area contributed by atoms with Gasteiger partial charge in [0.25, 0.3) is 5.91 Å². The molecular formula is C16H21N3O3S. The van der Waals surface area contributed by atoms with Crippen LogP contribution < -0.4 is 5.32 Å². The quantitative estimate of drug-likeness (QED) is 0.903. The van der Waals surface area contributed by atoms with Crippen LogP contribution in [0.25, 0.3) is 0 Å². The van der Waals surface area contributed by atoms with Crippen molar-refractivity contribution < 1.29 is 13.2 Å². The number of nitrogens with zero attached hydrogens (tertiary/aromatic N) is 2. The van der Waals surface area contributed by atoms with E-state index in [0.717, 1.165) is 11.3 Å². The molecule has 0 saturated carbocycles. The Labute approximate surface area is 136 Å². The standard InChI is InChI=1S/C16H21N3O3S/c1-11(15-9-17-19(3)12(15)2)18-16(20)14-7-5-13(6-8-14)10-23(4,21)22/h5-9,11H,10H2,1-4H3,(H,18,20)/t11-/m0/s1. The molecule has 0 aliphatic heterocycles. The lowest BCUT2D eigenvalue weighted by atomic mass is 10.1. The van der Waals surface area contributed by atoms with Gasteiger partial charge >= 0.3 is 0 Å². The molecule has 2 rings (SSSR count). The number of carbonyl (C=O) groups excluding carboxylic acids is 1. The number of nitrogens with one attached hydrogen (secondary N) is 1. The van der Waals surface area contributed by atoms with E-state index in [1.807, 2.05) is 20.9 Å². The third-order valence-electron chi connectivity index (χ3n) is 3.73. The van der Waals surface area contributed by atoms with Crippen molar-refractivity contribution in [2.75, 3.05) is 6.26 Å².